The first kappa shape index (κ1) is 10.2. The van der Waals surface area contributed by atoms with Gasteiger partial charge in [0.25, 0.3) is 0 Å². The molecule has 0 unspecified atom stereocenters. The van der Waals surface area contributed by atoms with E-state index in [0.29, 0.717) is 5.82 Å². The van der Waals surface area contributed by atoms with E-state index in [4.69, 9.17) is 5.84 Å². The summed E-state index contributed by atoms with van der Waals surface area (Å²) in [5.41, 5.74) is 3.62. The Morgan fingerprint density at radius 2 is 2.13 bits per heavy atom. The van der Waals surface area contributed by atoms with E-state index in [9.17, 15) is 0 Å². The van der Waals surface area contributed by atoms with Crippen molar-refractivity contribution in [3.63, 3.8) is 0 Å². The van der Waals surface area contributed by atoms with E-state index in [1.807, 2.05) is 6.07 Å². The number of hydrogen-bond donors (Lipinski definition) is 2. The molecule has 0 saturated carbocycles. The molecule has 0 amide bonds. The SMILES string of the molecule is CCc1cc(NN)nc(N2CCCC2)n1. The van der Waals surface area contributed by atoms with Gasteiger partial charge in [0, 0.05) is 24.8 Å². The smallest absolute Gasteiger partial charge is 0.227 e. The topological polar surface area (TPSA) is 67.1 Å². The Balaban J connectivity index is 2.28. The number of aryl methyl sites for hydroxylation is 1. The van der Waals surface area contributed by atoms with Crippen molar-refractivity contribution >= 4 is 11.8 Å². The van der Waals surface area contributed by atoms with Crippen molar-refractivity contribution in [2.75, 3.05) is 23.4 Å². The molecule has 1 aliphatic heterocycles. The fraction of sp³-hybridized carbons (Fsp3) is 0.600. The fourth-order valence-corrected chi connectivity index (χ4v) is 1.80. The molecule has 3 N–H and O–H groups in total. The van der Waals surface area contributed by atoms with Crippen LogP contribution >= 0.6 is 0 Å². The van der Waals surface area contributed by atoms with Gasteiger partial charge in [-0.3, -0.25) is 0 Å². The molecule has 1 aliphatic rings. The number of anilines is 2. The Bertz CT molecular complexity index is 310. The van der Waals surface area contributed by atoms with Crippen LogP contribution in [0.3, 0.4) is 0 Å². The summed E-state index contributed by atoms with van der Waals surface area (Å²) >= 11 is 0. The summed E-state index contributed by atoms with van der Waals surface area (Å²) < 4.78 is 0. The molecule has 1 aromatic heterocycles. The summed E-state index contributed by atoms with van der Waals surface area (Å²) in [5.74, 6) is 6.89. The Kier molecular flexibility index (Phi) is 3.01. The minimum Gasteiger partial charge on any atom is -0.341 e. The predicted molar refractivity (Wildman–Crippen MR) is 60.7 cm³/mol. The number of hydrogen-bond acceptors (Lipinski definition) is 5. The number of aromatic nitrogens is 2. The molecule has 1 aromatic rings. The van der Waals surface area contributed by atoms with Crippen LogP contribution in [0.25, 0.3) is 0 Å². The summed E-state index contributed by atoms with van der Waals surface area (Å²) in [6, 6.07) is 1.89. The van der Waals surface area contributed by atoms with Crippen LogP contribution in [-0.2, 0) is 6.42 Å². The van der Waals surface area contributed by atoms with Gasteiger partial charge in [-0.25, -0.2) is 10.8 Å². The van der Waals surface area contributed by atoms with E-state index in [-0.39, 0.29) is 0 Å². The highest BCUT2D eigenvalue weighted by Gasteiger charge is 2.15. The molecule has 2 heterocycles. The van der Waals surface area contributed by atoms with Crippen LogP contribution in [0.5, 0.6) is 0 Å². The fourth-order valence-electron chi connectivity index (χ4n) is 1.80. The quantitative estimate of drug-likeness (QED) is 0.570. The third kappa shape index (κ3) is 2.18. The zero-order chi connectivity index (χ0) is 10.7. The van der Waals surface area contributed by atoms with Crippen molar-refractivity contribution in [1.29, 1.82) is 0 Å². The van der Waals surface area contributed by atoms with Crippen molar-refractivity contribution in [2.24, 2.45) is 5.84 Å². The van der Waals surface area contributed by atoms with Gasteiger partial charge in [-0.05, 0) is 19.3 Å². The van der Waals surface area contributed by atoms with Gasteiger partial charge in [0.2, 0.25) is 5.95 Å². The maximum Gasteiger partial charge on any atom is 0.227 e. The molecular weight excluding hydrogens is 190 g/mol. The predicted octanol–water partition coefficient (Wildman–Crippen LogP) is 0.925. The van der Waals surface area contributed by atoms with Crippen molar-refractivity contribution < 1.29 is 0 Å². The third-order valence-electron chi connectivity index (χ3n) is 2.67. The molecule has 5 heteroatoms. The van der Waals surface area contributed by atoms with Gasteiger partial charge >= 0.3 is 0 Å². The molecule has 0 bridgehead atoms. The molecule has 15 heavy (non-hydrogen) atoms. The van der Waals surface area contributed by atoms with Gasteiger partial charge in [-0.2, -0.15) is 4.98 Å². The van der Waals surface area contributed by atoms with Crippen LogP contribution < -0.4 is 16.2 Å². The second-order valence-corrected chi connectivity index (χ2v) is 3.74. The van der Waals surface area contributed by atoms with E-state index in [1.54, 1.807) is 0 Å². The van der Waals surface area contributed by atoms with Crippen molar-refractivity contribution in [2.45, 2.75) is 26.2 Å². The van der Waals surface area contributed by atoms with Crippen LogP contribution in [0.15, 0.2) is 6.07 Å². The summed E-state index contributed by atoms with van der Waals surface area (Å²) in [6.07, 6.45) is 3.36. The van der Waals surface area contributed by atoms with E-state index in [2.05, 4.69) is 27.2 Å². The van der Waals surface area contributed by atoms with Gasteiger partial charge in [-0.1, -0.05) is 6.92 Å². The number of nitrogens with two attached hydrogens (primary N) is 1. The molecule has 0 aliphatic carbocycles. The Labute approximate surface area is 89.7 Å². The summed E-state index contributed by atoms with van der Waals surface area (Å²) in [7, 11) is 0. The lowest BCUT2D eigenvalue weighted by Crippen LogP contribution is -2.22. The van der Waals surface area contributed by atoms with Gasteiger partial charge in [0.1, 0.15) is 5.82 Å². The first-order valence-electron chi connectivity index (χ1n) is 5.43. The van der Waals surface area contributed by atoms with Crippen molar-refractivity contribution in [3.05, 3.63) is 11.8 Å². The molecule has 1 saturated heterocycles. The van der Waals surface area contributed by atoms with Gasteiger partial charge in [0.05, 0.1) is 0 Å². The summed E-state index contributed by atoms with van der Waals surface area (Å²) in [6.45, 7) is 4.19. The first-order chi connectivity index (χ1) is 7.33. The zero-order valence-corrected chi connectivity index (χ0v) is 9.03. The highest BCUT2D eigenvalue weighted by atomic mass is 15.3. The Morgan fingerprint density at radius 1 is 1.40 bits per heavy atom. The second-order valence-electron chi connectivity index (χ2n) is 3.74. The monoisotopic (exact) mass is 207 g/mol. The number of rotatable bonds is 3. The van der Waals surface area contributed by atoms with Crippen LogP contribution in [0, 0.1) is 0 Å². The lowest BCUT2D eigenvalue weighted by molar-refractivity contribution is 0.874. The molecule has 0 atom stereocenters. The molecule has 2 rings (SSSR count). The number of nitrogen functional groups attached to an aromatic ring is 1. The molecule has 0 spiro atoms. The maximum absolute atomic E-state index is 5.38. The van der Waals surface area contributed by atoms with Gasteiger partial charge in [0.15, 0.2) is 0 Å². The third-order valence-corrected chi connectivity index (χ3v) is 2.67. The average molecular weight is 207 g/mol. The largest absolute Gasteiger partial charge is 0.341 e. The van der Waals surface area contributed by atoms with E-state index >= 15 is 0 Å². The maximum atomic E-state index is 5.38. The number of nitrogens with one attached hydrogen (secondary N) is 1. The van der Waals surface area contributed by atoms with Crippen LogP contribution in [0.2, 0.25) is 0 Å². The lowest BCUT2D eigenvalue weighted by atomic mass is 10.3. The summed E-state index contributed by atoms with van der Waals surface area (Å²) in [5, 5.41) is 0. The van der Waals surface area contributed by atoms with Gasteiger partial charge < -0.3 is 10.3 Å². The van der Waals surface area contributed by atoms with Crippen LogP contribution in [0.1, 0.15) is 25.5 Å². The molecule has 0 radical (unpaired) electrons. The Morgan fingerprint density at radius 3 is 2.73 bits per heavy atom. The molecular formula is C10H17N5. The highest BCUT2D eigenvalue weighted by molar-refractivity contribution is 5.43. The minimum atomic E-state index is 0.698. The van der Waals surface area contributed by atoms with Crippen LogP contribution in [0.4, 0.5) is 11.8 Å². The number of nitrogens with zero attached hydrogens (tertiary/aromatic N) is 3. The second kappa shape index (κ2) is 4.44. The lowest BCUT2D eigenvalue weighted by Gasteiger charge is -2.16. The average Bonchev–Trinajstić information content (AvgIpc) is 2.81. The number of hydrazine groups is 1. The highest BCUT2D eigenvalue weighted by Crippen LogP contribution is 2.18. The van der Waals surface area contributed by atoms with Gasteiger partial charge in [-0.15, -0.1) is 0 Å². The first-order valence-corrected chi connectivity index (χ1v) is 5.43. The molecule has 5 nitrogen and oxygen atoms in total. The molecule has 1 fully saturated rings. The van der Waals surface area contributed by atoms with E-state index in [1.165, 1.54) is 12.8 Å². The molecule has 0 aromatic carbocycles. The van der Waals surface area contributed by atoms with E-state index < -0.39 is 0 Å². The van der Waals surface area contributed by atoms with Crippen molar-refractivity contribution in [1.82, 2.24) is 9.97 Å². The normalized spacial score (nSPS) is 15.7. The summed E-state index contributed by atoms with van der Waals surface area (Å²) in [4.78, 5) is 11.1. The molecule has 82 valence electrons. The zero-order valence-electron chi connectivity index (χ0n) is 9.03. The van der Waals surface area contributed by atoms with Crippen molar-refractivity contribution in [3.8, 4) is 0 Å². The van der Waals surface area contributed by atoms with E-state index in [0.717, 1.165) is 31.2 Å². The minimum absolute atomic E-state index is 0.698. The Hall–Kier alpha value is -1.36. The van der Waals surface area contributed by atoms with Crippen LogP contribution in [-0.4, -0.2) is 23.1 Å². The standard InChI is InChI=1S/C10H17N5/c1-2-8-7-9(14-11)13-10(12-8)15-5-3-4-6-15/h7H,2-6,11H2,1H3,(H,12,13,14).